The van der Waals surface area contributed by atoms with Crippen LogP contribution in [0.15, 0.2) is 36.4 Å². The number of nitrogens with one attached hydrogen (secondary N) is 2. The van der Waals surface area contributed by atoms with E-state index < -0.39 is 0 Å². The van der Waals surface area contributed by atoms with Gasteiger partial charge in [0.15, 0.2) is 0 Å². The van der Waals surface area contributed by atoms with E-state index in [2.05, 4.69) is 15.6 Å². The number of aromatic nitrogens is 1. The second-order valence-corrected chi connectivity index (χ2v) is 4.81. The summed E-state index contributed by atoms with van der Waals surface area (Å²) in [6, 6.07) is 10.5. The minimum atomic E-state index is -0.183. The number of nitrogens with zero attached hydrogens (tertiary/aromatic N) is 1. The van der Waals surface area contributed by atoms with Crippen LogP contribution < -0.4 is 10.6 Å². The largest absolute Gasteiger partial charge is 0.370 e. The second-order valence-electron chi connectivity index (χ2n) is 4.38. The van der Waals surface area contributed by atoms with Crippen molar-refractivity contribution in [3.8, 4) is 0 Å². The molecule has 0 aliphatic carbocycles. The predicted octanol–water partition coefficient (Wildman–Crippen LogP) is 3.73. The first-order chi connectivity index (χ1) is 9.58. The first kappa shape index (κ1) is 14.3. The van der Waals surface area contributed by atoms with Gasteiger partial charge in [-0.2, -0.15) is 0 Å². The highest BCUT2D eigenvalue weighted by Gasteiger charge is 2.09. The van der Waals surface area contributed by atoms with Gasteiger partial charge in [0, 0.05) is 28.5 Å². The van der Waals surface area contributed by atoms with Crippen molar-refractivity contribution in [2.45, 2.75) is 13.8 Å². The lowest BCUT2D eigenvalue weighted by molar-refractivity contribution is 0.102. The van der Waals surface area contributed by atoms with Crippen LogP contribution in [0.3, 0.4) is 0 Å². The Morgan fingerprint density at radius 3 is 2.80 bits per heavy atom. The summed E-state index contributed by atoms with van der Waals surface area (Å²) in [7, 11) is 0. The molecule has 0 bridgehead atoms. The molecule has 1 heterocycles. The van der Waals surface area contributed by atoms with Gasteiger partial charge < -0.3 is 10.6 Å². The minimum absolute atomic E-state index is 0.183. The van der Waals surface area contributed by atoms with Crippen molar-refractivity contribution in [1.82, 2.24) is 4.98 Å². The van der Waals surface area contributed by atoms with E-state index in [1.807, 2.05) is 13.8 Å². The van der Waals surface area contributed by atoms with Crippen LogP contribution in [0.4, 0.5) is 11.5 Å². The van der Waals surface area contributed by atoms with Crippen molar-refractivity contribution >= 4 is 29.0 Å². The Hall–Kier alpha value is -2.07. The van der Waals surface area contributed by atoms with Gasteiger partial charge in [-0.3, -0.25) is 4.79 Å². The normalized spacial score (nSPS) is 10.2. The fourth-order valence-corrected chi connectivity index (χ4v) is 2.03. The van der Waals surface area contributed by atoms with Crippen LogP contribution in [0, 0.1) is 6.92 Å². The van der Waals surface area contributed by atoms with E-state index in [1.54, 1.807) is 36.4 Å². The zero-order chi connectivity index (χ0) is 14.5. The standard InChI is InChI=1S/C15H16ClN3O/c1-3-17-14-8-11(7-10(2)18-14)15(20)19-13-6-4-5-12(16)9-13/h4-9H,3H2,1-2H3,(H,17,18)(H,19,20). The maximum absolute atomic E-state index is 12.2. The highest BCUT2D eigenvalue weighted by Crippen LogP contribution is 2.17. The molecule has 1 aromatic heterocycles. The van der Waals surface area contributed by atoms with Gasteiger partial charge in [-0.05, 0) is 44.2 Å². The molecule has 0 aliphatic heterocycles. The van der Waals surface area contributed by atoms with Crippen LogP contribution in [0.1, 0.15) is 23.0 Å². The highest BCUT2D eigenvalue weighted by molar-refractivity contribution is 6.30. The number of halogens is 1. The Bertz CT molecular complexity index is 628. The molecule has 0 unspecified atom stereocenters. The van der Waals surface area contributed by atoms with E-state index in [1.165, 1.54) is 0 Å². The first-order valence-corrected chi connectivity index (χ1v) is 6.76. The second kappa shape index (κ2) is 6.39. The van der Waals surface area contributed by atoms with E-state index in [9.17, 15) is 4.79 Å². The Morgan fingerprint density at radius 2 is 2.10 bits per heavy atom. The lowest BCUT2D eigenvalue weighted by Crippen LogP contribution is -2.13. The van der Waals surface area contributed by atoms with E-state index in [4.69, 9.17) is 11.6 Å². The number of hydrogen-bond acceptors (Lipinski definition) is 3. The number of pyridine rings is 1. The van der Waals surface area contributed by atoms with E-state index in [0.717, 1.165) is 12.2 Å². The maximum atomic E-state index is 12.2. The molecule has 2 N–H and O–H groups in total. The third kappa shape index (κ3) is 3.71. The highest BCUT2D eigenvalue weighted by atomic mass is 35.5. The van der Waals surface area contributed by atoms with Gasteiger partial charge in [0.2, 0.25) is 0 Å². The smallest absolute Gasteiger partial charge is 0.255 e. The molecular formula is C15H16ClN3O. The van der Waals surface area contributed by atoms with Gasteiger partial charge in [0.05, 0.1) is 0 Å². The number of carbonyl (C=O) groups excluding carboxylic acids is 1. The molecule has 0 saturated heterocycles. The summed E-state index contributed by atoms with van der Waals surface area (Å²) in [5.74, 6) is 0.515. The molecule has 0 aliphatic rings. The molecule has 0 atom stereocenters. The van der Waals surface area contributed by atoms with Gasteiger partial charge in [-0.15, -0.1) is 0 Å². The lowest BCUT2D eigenvalue weighted by atomic mass is 10.2. The molecule has 0 spiro atoms. The minimum Gasteiger partial charge on any atom is -0.370 e. The number of anilines is 2. The number of hydrogen-bond donors (Lipinski definition) is 2. The van der Waals surface area contributed by atoms with E-state index in [0.29, 0.717) is 22.1 Å². The number of aryl methyl sites for hydroxylation is 1. The van der Waals surface area contributed by atoms with Crippen molar-refractivity contribution < 1.29 is 4.79 Å². The summed E-state index contributed by atoms with van der Waals surface area (Å²) in [5.41, 5.74) is 2.02. The number of amides is 1. The number of carbonyl (C=O) groups is 1. The van der Waals surface area contributed by atoms with Gasteiger partial charge >= 0.3 is 0 Å². The summed E-state index contributed by atoms with van der Waals surface area (Å²) in [6.07, 6.45) is 0. The monoisotopic (exact) mass is 289 g/mol. The molecule has 2 rings (SSSR count). The number of rotatable bonds is 4. The summed E-state index contributed by atoms with van der Waals surface area (Å²) < 4.78 is 0. The third-order valence-electron chi connectivity index (χ3n) is 2.66. The molecule has 2 aromatic rings. The van der Waals surface area contributed by atoms with Crippen LogP contribution in [-0.2, 0) is 0 Å². The van der Waals surface area contributed by atoms with E-state index >= 15 is 0 Å². The molecule has 104 valence electrons. The van der Waals surface area contributed by atoms with Gasteiger partial charge in [0.1, 0.15) is 5.82 Å². The maximum Gasteiger partial charge on any atom is 0.255 e. The molecule has 0 radical (unpaired) electrons. The number of benzene rings is 1. The first-order valence-electron chi connectivity index (χ1n) is 6.38. The zero-order valence-corrected chi connectivity index (χ0v) is 12.2. The Morgan fingerprint density at radius 1 is 1.30 bits per heavy atom. The predicted molar refractivity (Wildman–Crippen MR) is 82.5 cm³/mol. The zero-order valence-electron chi connectivity index (χ0n) is 11.4. The Kier molecular flexibility index (Phi) is 4.58. The van der Waals surface area contributed by atoms with Crippen molar-refractivity contribution in [3.63, 3.8) is 0 Å². The molecule has 5 heteroatoms. The Labute approximate surface area is 123 Å². The lowest BCUT2D eigenvalue weighted by Gasteiger charge is -2.09. The van der Waals surface area contributed by atoms with Gasteiger partial charge in [0.25, 0.3) is 5.91 Å². The molecule has 1 amide bonds. The fraction of sp³-hybridized carbons (Fsp3) is 0.200. The third-order valence-corrected chi connectivity index (χ3v) is 2.89. The van der Waals surface area contributed by atoms with Gasteiger partial charge in [-0.25, -0.2) is 4.98 Å². The van der Waals surface area contributed by atoms with Crippen molar-refractivity contribution in [1.29, 1.82) is 0 Å². The molecule has 0 saturated carbocycles. The van der Waals surface area contributed by atoms with Crippen LogP contribution in [0.25, 0.3) is 0 Å². The van der Waals surface area contributed by atoms with Crippen molar-refractivity contribution in [2.75, 3.05) is 17.2 Å². The summed E-state index contributed by atoms with van der Waals surface area (Å²) in [4.78, 5) is 16.5. The van der Waals surface area contributed by atoms with Crippen molar-refractivity contribution in [2.24, 2.45) is 0 Å². The van der Waals surface area contributed by atoms with Gasteiger partial charge in [-0.1, -0.05) is 17.7 Å². The summed E-state index contributed by atoms with van der Waals surface area (Å²) >= 11 is 5.89. The fourth-order valence-electron chi connectivity index (χ4n) is 1.84. The SMILES string of the molecule is CCNc1cc(C(=O)Nc2cccc(Cl)c2)cc(C)n1. The Balaban J connectivity index is 2.20. The molecule has 20 heavy (non-hydrogen) atoms. The van der Waals surface area contributed by atoms with Crippen LogP contribution in [0.5, 0.6) is 0 Å². The van der Waals surface area contributed by atoms with Crippen LogP contribution in [-0.4, -0.2) is 17.4 Å². The average molecular weight is 290 g/mol. The van der Waals surface area contributed by atoms with Crippen LogP contribution >= 0.6 is 11.6 Å². The topological polar surface area (TPSA) is 54.0 Å². The van der Waals surface area contributed by atoms with Crippen LogP contribution in [0.2, 0.25) is 5.02 Å². The summed E-state index contributed by atoms with van der Waals surface area (Å²) in [6.45, 7) is 4.60. The quantitative estimate of drug-likeness (QED) is 0.902. The molecule has 4 nitrogen and oxygen atoms in total. The molecule has 1 aromatic carbocycles. The average Bonchev–Trinajstić information content (AvgIpc) is 2.38. The molecule has 0 fully saturated rings. The molecular weight excluding hydrogens is 274 g/mol. The van der Waals surface area contributed by atoms with E-state index in [-0.39, 0.29) is 5.91 Å². The van der Waals surface area contributed by atoms with Crippen molar-refractivity contribution in [3.05, 3.63) is 52.7 Å². The summed E-state index contributed by atoms with van der Waals surface area (Å²) in [5, 5.41) is 6.51.